The van der Waals surface area contributed by atoms with E-state index in [9.17, 15) is 0 Å². The Kier molecular flexibility index (Phi) is 4.24. The largest absolute Gasteiger partial charge is 0.381 e. The van der Waals surface area contributed by atoms with Crippen LogP contribution in [0.5, 0.6) is 0 Å². The lowest BCUT2D eigenvalue weighted by molar-refractivity contribution is -0.0934. The van der Waals surface area contributed by atoms with E-state index in [1.807, 2.05) is 0 Å². The number of rotatable bonds is 4. The maximum atomic E-state index is 5.58. The minimum absolute atomic E-state index is 0.488. The van der Waals surface area contributed by atoms with Crippen LogP contribution in [0.15, 0.2) is 11.6 Å². The molecule has 0 amide bonds. The van der Waals surface area contributed by atoms with E-state index >= 15 is 0 Å². The molecule has 0 aromatic rings. The van der Waals surface area contributed by atoms with Crippen LogP contribution in [0.2, 0.25) is 0 Å². The molecule has 114 valence electrons. The first kappa shape index (κ1) is 14.6. The Balaban J connectivity index is 1.71. The molecule has 1 aliphatic heterocycles. The smallest absolute Gasteiger partial charge is 0.0471 e. The highest BCUT2D eigenvalue weighted by atomic mass is 16.5. The summed E-state index contributed by atoms with van der Waals surface area (Å²) < 4.78 is 5.58. The van der Waals surface area contributed by atoms with Crippen molar-refractivity contribution in [3.63, 3.8) is 0 Å². The van der Waals surface area contributed by atoms with Crippen LogP contribution in [-0.2, 0) is 4.74 Å². The third kappa shape index (κ3) is 2.82. The van der Waals surface area contributed by atoms with Gasteiger partial charge in [0, 0.05) is 31.2 Å². The van der Waals surface area contributed by atoms with Crippen LogP contribution >= 0.6 is 0 Å². The van der Waals surface area contributed by atoms with Crippen molar-refractivity contribution in [2.75, 3.05) is 19.8 Å². The number of nitrogens with one attached hydrogen (secondary N) is 1. The zero-order valence-electron chi connectivity index (χ0n) is 13.3. The van der Waals surface area contributed by atoms with Crippen LogP contribution in [-0.4, -0.2) is 25.8 Å². The standard InChI is InChI=1S/C18H31NO/c1-15(2)19-14-18(16-6-4-3-5-7-16)12-17(13-18)8-10-20-11-9-17/h6,15,19H,3-5,7-14H2,1-2H3. The van der Waals surface area contributed by atoms with Gasteiger partial charge < -0.3 is 10.1 Å². The number of ether oxygens (including phenoxy) is 1. The lowest BCUT2D eigenvalue weighted by Gasteiger charge is -2.60. The normalized spacial score (nSPS) is 28.2. The molecule has 2 fully saturated rings. The van der Waals surface area contributed by atoms with Gasteiger partial charge in [-0.3, -0.25) is 0 Å². The molecule has 2 heteroatoms. The van der Waals surface area contributed by atoms with Crippen molar-refractivity contribution in [3.8, 4) is 0 Å². The van der Waals surface area contributed by atoms with Crippen LogP contribution in [0.1, 0.15) is 65.2 Å². The van der Waals surface area contributed by atoms with E-state index in [0.29, 0.717) is 16.9 Å². The zero-order valence-corrected chi connectivity index (χ0v) is 13.3. The lowest BCUT2D eigenvalue weighted by atomic mass is 9.47. The summed E-state index contributed by atoms with van der Waals surface area (Å²) in [4.78, 5) is 0. The van der Waals surface area contributed by atoms with Gasteiger partial charge in [0.15, 0.2) is 0 Å². The summed E-state index contributed by atoms with van der Waals surface area (Å²) in [6.07, 6.45) is 13.5. The van der Waals surface area contributed by atoms with Crippen LogP contribution in [0.4, 0.5) is 0 Å². The molecule has 2 aliphatic carbocycles. The topological polar surface area (TPSA) is 21.3 Å². The fourth-order valence-corrected chi connectivity index (χ4v) is 4.73. The molecule has 0 aromatic heterocycles. The third-order valence-corrected chi connectivity index (χ3v) is 5.80. The fraction of sp³-hybridized carbons (Fsp3) is 0.889. The van der Waals surface area contributed by atoms with E-state index in [-0.39, 0.29) is 0 Å². The summed E-state index contributed by atoms with van der Waals surface area (Å²) >= 11 is 0. The molecular formula is C18H31NO. The summed E-state index contributed by atoms with van der Waals surface area (Å²) in [5.41, 5.74) is 2.89. The Morgan fingerprint density at radius 2 is 1.95 bits per heavy atom. The highest BCUT2D eigenvalue weighted by Gasteiger charge is 2.55. The molecule has 0 aromatic carbocycles. The average Bonchev–Trinajstić information content (AvgIpc) is 2.44. The quantitative estimate of drug-likeness (QED) is 0.782. The van der Waals surface area contributed by atoms with Gasteiger partial charge in [0.2, 0.25) is 0 Å². The summed E-state index contributed by atoms with van der Waals surface area (Å²) in [6.45, 7) is 7.72. The molecule has 0 unspecified atom stereocenters. The second kappa shape index (κ2) is 5.81. The predicted octanol–water partition coefficient (Wildman–Crippen LogP) is 4.06. The van der Waals surface area contributed by atoms with E-state index in [1.165, 1.54) is 57.9 Å². The van der Waals surface area contributed by atoms with Gasteiger partial charge in [0.1, 0.15) is 0 Å². The van der Waals surface area contributed by atoms with Crippen molar-refractivity contribution >= 4 is 0 Å². The molecule has 1 saturated carbocycles. The van der Waals surface area contributed by atoms with Crippen molar-refractivity contribution in [1.29, 1.82) is 0 Å². The summed E-state index contributed by atoms with van der Waals surface area (Å²) in [6, 6.07) is 0.599. The number of allylic oxidation sites excluding steroid dienone is 1. The molecule has 0 bridgehead atoms. The maximum absolute atomic E-state index is 5.58. The molecule has 0 atom stereocenters. The number of hydrogen-bond acceptors (Lipinski definition) is 2. The zero-order chi connectivity index (χ0) is 14.1. The van der Waals surface area contributed by atoms with Gasteiger partial charge in [-0.2, -0.15) is 0 Å². The van der Waals surface area contributed by atoms with Gasteiger partial charge in [-0.15, -0.1) is 0 Å². The number of hydrogen-bond donors (Lipinski definition) is 1. The van der Waals surface area contributed by atoms with Crippen molar-refractivity contribution < 1.29 is 4.74 Å². The van der Waals surface area contributed by atoms with Crippen LogP contribution in [0.3, 0.4) is 0 Å². The van der Waals surface area contributed by atoms with E-state index < -0.39 is 0 Å². The van der Waals surface area contributed by atoms with Gasteiger partial charge in [-0.25, -0.2) is 0 Å². The molecule has 0 radical (unpaired) electrons. The molecule has 3 rings (SSSR count). The van der Waals surface area contributed by atoms with Crippen LogP contribution < -0.4 is 5.32 Å². The maximum Gasteiger partial charge on any atom is 0.0471 e. The third-order valence-electron chi connectivity index (χ3n) is 5.80. The Morgan fingerprint density at radius 3 is 2.55 bits per heavy atom. The molecule has 1 saturated heterocycles. The van der Waals surface area contributed by atoms with E-state index in [4.69, 9.17) is 4.74 Å². The van der Waals surface area contributed by atoms with Gasteiger partial charge in [0.25, 0.3) is 0 Å². The molecule has 2 nitrogen and oxygen atoms in total. The molecular weight excluding hydrogens is 246 g/mol. The lowest BCUT2D eigenvalue weighted by Crippen LogP contribution is -2.55. The van der Waals surface area contributed by atoms with Crippen molar-refractivity contribution in [2.24, 2.45) is 10.8 Å². The van der Waals surface area contributed by atoms with Crippen molar-refractivity contribution in [2.45, 2.75) is 71.3 Å². The summed E-state index contributed by atoms with van der Waals surface area (Å²) in [7, 11) is 0. The first-order valence-electron chi connectivity index (χ1n) is 8.65. The van der Waals surface area contributed by atoms with E-state index in [0.717, 1.165) is 13.2 Å². The van der Waals surface area contributed by atoms with Gasteiger partial charge in [-0.05, 0) is 56.8 Å². The Bertz CT molecular complexity index is 358. The first-order valence-corrected chi connectivity index (χ1v) is 8.65. The highest BCUT2D eigenvalue weighted by Crippen LogP contribution is 2.63. The molecule has 1 N–H and O–H groups in total. The minimum atomic E-state index is 0.488. The first-order chi connectivity index (χ1) is 9.64. The second-order valence-corrected chi connectivity index (χ2v) is 7.76. The SMILES string of the molecule is CC(C)NCC1(C2=CCCCC2)CC2(CCOCC2)C1. The van der Waals surface area contributed by atoms with Crippen LogP contribution in [0, 0.1) is 10.8 Å². The predicted molar refractivity (Wildman–Crippen MR) is 83.8 cm³/mol. The van der Waals surface area contributed by atoms with Gasteiger partial charge in [0.05, 0.1) is 0 Å². The van der Waals surface area contributed by atoms with Crippen LogP contribution in [0.25, 0.3) is 0 Å². The monoisotopic (exact) mass is 277 g/mol. The average molecular weight is 277 g/mol. The Hall–Kier alpha value is -0.340. The summed E-state index contributed by atoms with van der Waals surface area (Å²) in [5.74, 6) is 0. The van der Waals surface area contributed by atoms with Gasteiger partial charge in [-0.1, -0.05) is 25.5 Å². The van der Waals surface area contributed by atoms with E-state index in [2.05, 4.69) is 25.2 Å². The molecule has 1 spiro atoms. The Labute approximate surface area is 124 Å². The molecule has 1 heterocycles. The van der Waals surface area contributed by atoms with Crippen molar-refractivity contribution in [3.05, 3.63) is 11.6 Å². The second-order valence-electron chi connectivity index (χ2n) is 7.76. The molecule has 20 heavy (non-hydrogen) atoms. The summed E-state index contributed by atoms with van der Waals surface area (Å²) in [5, 5.41) is 3.74. The van der Waals surface area contributed by atoms with E-state index in [1.54, 1.807) is 5.57 Å². The van der Waals surface area contributed by atoms with Gasteiger partial charge >= 0.3 is 0 Å². The highest BCUT2D eigenvalue weighted by molar-refractivity contribution is 5.25. The Morgan fingerprint density at radius 1 is 1.20 bits per heavy atom. The fourth-order valence-electron chi connectivity index (χ4n) is 4.73. The minimum Gasteiger partial charge on any atom is -0.381 e. The molecule has 3 aliphatic rings. The van der Waals surface area contributed by atoms with Crippen molar-refractivity contribution in [1.82, 2.24) is 5.32 Å².